The third-order valence-electron chi connectivity index (χ3n) is 4.75. The summed E-state index contributed by atoms with van der Waals surface area (Å²) < 4.78 is 10.6. The molecular formula is C20H28ClNO4. The molecule has 2 atom stereocenters. The smallest absolute Gasteiger partial charge is 0.306 e. The van der Waals surface area contributed by atoms with Crippen LogP contribution in [0.15, 0.2) is 18.2 Å². The number of rotatable bonds is 8. The molecule has 0 aromatic heterocycles. The first-order chi connectivity index (χ1) is 12.5. The Kier molecular flexibility index (Phi) is 8.23. The molecule has 144 valence electrons. The molecule has 0 aliphatic heterocycles. The van der Waals surface area contributed by atoms with Crippen LogP contribution < -0.4 is 10.1 Å². The number of aryl methyl sites for hydroxylation is 1. The molecule has 0 radical (unpaired) electrons. The van der Waals surface area contributed by atoms with Crippen molar-refractivity contribution in [2.75, 3.05) is 13.2 Å². The zero-order valence-electron chi connectivity index (χ0n) is 15.6. The first-order valence-electron chi connectivity index (χ1n) is 9.29. The van der Waals surface area contributed by atoms with Gasteiger partial charge in [0, 0.05) is 17.5 Å². The van der Waals surface area contributed by atoms with Crippen LogP contribution in [-0.4, -0.2) is 31.1 Å². The van der Waals surface area contributed by atoms with Crippen molar-refractivity contribution in [1.29, 1.82) is 0 Å². The number of carbonyl (C=O) groups excluding carboxylic acids is 2. The summed E-state index contributed by atoms with van der Waals surface area (Å²) in [5, 5.41) is 3.67. The van der Waals surface area contributed by atoms with Crippen LogP contribution in [0.3, 0.4) is 0 Å². The summed E-state index contributed by atoms with van der Waals surface area (Å²) in [6, 6.07) is 5.64. The van der Waals surface area contributed by atoms with E-state index >= 15 is 0 Å². The van der Waals surface area contributed by atoms with Gasteiger partial charge in [0.25, 0.3) is 5.91 Å². The minimum Gasteiger partial charge on any atom is -0.494 e. The number of nitrogens with one attached hydrogen (secondary N) is 1. The zero-order chi connectivity index (χ0) is 18.9. The Morgan fingerprint density at radius 1 is 1.27 bits per heavy atom. The maximum absolute atomic E-state index is 11.9. The second-order valence-corrected chi connectivity index (χ2v) is 7.37. The van der Waals surface area contributed by atoms with Crippen molar-refractivity contribution in [2.45, 2.75) is 58.4 Å². The summed E-state index contributed by atoms with van der Waals surface area (Å²) in [6.45, 7) is 4.26. The highest BCUT2D eigenvalue weighted by atomic mass is 35.5. The van der Waals surface area contributed by atoms with Crippen LogP contribution in [0.25, 0.3) is 0 Å². The van der Waals surface area contributed by atoms with Crippen LogP contribution in [-0.2, 0) is 14.3 Å². The van der Waals surface area contributed by atoms with E-state index in [0.717, 1.165) is 30.6 Å². The lowest BCUT2D eigenvalue weighted by atomic mass is 9.86. The average Bonchev–Trinajstić information content (AvgIpc) is 2.62. The second-order valence-electron chi connectivity index (χ2n) is 6.96. The third-order valence-corrected chi connectivity index (χ3v) is 5.17. The molecule has 5 nitrogen and oxygen atoms in total. The van der Waals surface area contributed by atoms with Gasteiger partial charge in [0.05, 0.1) is 6.61 Å². The maximum Gasteiger partial charge on any atom is 0.306 e. The number of ether oxygens (including phenoxy) is 2. The lowest BCUT2D eigenvalue weighted by Gasteiger charge is -2.29. The molecule has 0 saturated heterocycles. The highest BCUT2D eigenvalue weighted by Crippen LogP contribution is 2.23. The quantitative estimate of drug-likeness (QED) is 0.545. The van der Waals surface area contributed by atoms with Crippen molar-refractivity contribution < 1.29 is 19.1 Å². The fraction of sp³-hybridized carbons (Fsp3) is 0.600. The molecule has 0 spiro atoms. The van der Waals surface area contributed by atoms with Gasteiger partial charge >= 0.3 is 5.97 Å². The van der Waals surface area contributed by atoms with Crippen LogP contribution in [0.4, 0.5) is 0 Å². The van der Waals surface area contributed by atoms with Crippen LogP contribution in [0.5, 0.6) is 5.75 Å². The van der Waals surface area contributed by atoms with Gasteiger partial charge in [-0.3, -0.25) is 9.59 Å². The van der Waals surface area contributed by atoms with E-state index < -0.39 is 0 Å². The molecule has 6 heteroatoms. The van der Waals surface area contributed by atoms with Gasteiger partial charge in [0.15, 0.2) is 6.61 Å². The summed E-state index contributed by atoms with van der Waals surface area (Å²) in [7, 11) is 0. The van der Waals surface area contributed by atoms with E-state index in [1.165, 1.54) is 6.42 Å². The fourth-order valence-electron chi connectivity index (χ4n) is 3.11. The highest BCUT2D eigenvalue weighted by molar-refractivity contribution is 6.31. The Bertz CT molecular complexity index is 620. The lowest BCUT2D eigenvalue weighted by molar-refractivity contribution is -0.149. The number of halogens is 1. The van der Waals surface area contributed by atoms with Gasteiger partial charge in [-0.05, 0) is 55.9 Å². The van der Waals surface area contributed by atoms with Crippen LogP contribution >= 0.6 is 11.6 Å². The Balaban J connectivity index is 1.58. The van der Waals surface area contributed by atoms with Gasteiger partial charge in [-0.25, -0.2) is 0 Å². The molecule has 1 fully saturated rings. The Morgan fingerprint density at radius 3 is 2.77 bits per heavy atom. The van der Waals surface area contributed by atoms with Gasteiger partial charge in [-0.2, -0.15) is 0 Å². The predicted octanol–water partition coefficient (Wildman–Crippen LogP) is 4.05. The normalized spacial score (nSPS) is 19.7. The van der Waals surface area contributed by atoms with E-state index in [0.29, 0.717) is 24.0 Å². The van der Waals surface area contributed by atoms with Crippen molar-refractivity contribution in [3.63, 3.8) is 0 Å². The van der Waals surface area contributed by atoms with Crippen molar-refractivity contribution in [3.8, 4) is 5.75 Å². The zero-order valence-corrected chi connectivity index (χ0v) is 16.3. The number of hydrogen-bond donors (Lipinski definition) is 1. The van der Waals surface area contributed by atoms with Gasteiger partial charge < -0.3 is 14.8 Å². The SMILES string of the molecule is Cc1cc(OCCCC(=O)OCC(=O)N[C@H]2CCCC[C@H]2C)ccc1Cl. The first-order valence-corrected chi connectivity index (χ1v) is 9.67. The number of hydrogen-bond acceptors (Lipinski definition) is 4. The van der Waals surface area contributed by atoms with E-state index in [4.69, 9.17) is 21.1 Å². The van der Waals surface area contributed by atoms with Crippen molar-refractivity contribution in [1.82, 2.24) is 5.32 Å². The lowest BCUT2D eigenvalue weighted by Crippen LogP contribution is -2.42. The summed E-state index contributed by atoms with van der Waals surface area (Å²) in [6.07, 6.45) is 5.25. The van der Waals surface area contributed by atoms with Crippen molar-refractivity contribution in [3.05, 3.63) is 28.8 Å². The largest absolute Gasteiger partial charge is 0.494 e. The number of esters is 1. The minimum absolute atomic E-state index is 0.200. The molecular weight excluding hydrogens is 354 g/mol. The van der Waals surface area contributed by atoms with E-state index in [9.17, 15) is 9.59 Å². The molecule has 26 heavy (non-hydrogen) atoms. The molecule has 0 heterocycles. The standard InChI is InChI=1S/C20H28ClNO4/c1-14-6-3-4-7-18(14)22-19(23)13-26-20(24)8-5-11-25-16-9-10-17(21)15(2)12-16/h9-10,12,14,18H,3-8,11,13H2,1-2H3,(H,22,23)/t14-,18+/m1/s1. The molecule has 1 N–H and O–H groups in total. The molecule has 1 aromatic carbocycles. The summed E-state index contributed by atoms with van der Waals surface area (Å²) >= 11 is 5.96. The average molecular weight is 382 g/mol. The van der Waals surface area contributed by atoms with E-state index in [1.54, 1.807) is 12.1 Å². The Labute approximate surface area is 160 Å². The van der Waals surface area contributed by atoms with E-state index in [1.807, 2.05) is 13.0 Å². The topological polar surface area (TPSA) is 64.6 Å². The highest BCUT2D eigenvalue weighted by Gasteiger charge is 2.23. The summed E-state index contributed by atoms with van der Waals surface area (Å²) in [4.78, 5) is 23.7. The summed E-state index contributed by atoms with van der Waals surface area (Å²) in [5.41, 5.74) is 0.946. The number of amides is 1. The molecule has 1 aliphatic carbocycles. The third kappa shape index (κ3) is 6.87. The Hall–Kier alpha value is -1.75. The Morgan fingerprint density at radius 2 is 2.04 bits per heavy atom. The van der Waals surface area contributed by atoms with Crippen molar-refractivity contribution in [2.24, 2.45) is 5.92 Å². The van der Waals surface area contributed by atoms with E-state index in [-0.39, 0.29) is 30.9 Å². The monoisotopic (exact) mass is 381 g/mol. The molecule has 0 bridgehead atoms. The molecule has 1 aliphatic rings. The van der Waals surface area contributed by atoms with Gasteiger partial charge in [0.2, 0.25) is 0 Å². The van der Waals surface area contributed by atoms with E-state index in [2.05, 4.69) is 12.2 Å². The van der Waals surface area contributed by atoms with Crippen LogP contribution in [0.2, 0.25) is 5.02 Å². The van der Waals surface area contributed by atoms with Crippen LogP contribution in [0, 0.1) is 12.8 Å². The molecule has 1 amide bonds. The minimum atomic E-state index is -0.382. The molecule has 2 rings (SSSR count). The second kappa shape index (κ2) is 10.4. The number of benzene rings is 1. The first kappa shape index (κ1) is 20.6. The summed E-state index contributed by atoms with van der Waals surface area (Å²) in [5.74, 6) is 0.607. The maximum atomic E-state index is 11.9. The van der Waals surface area contributed by atoms with Gasteiger partial charge in [-0.15, -0.1) is 0 Å². The number of carbonyl (C=O) groups is 2. The predicted molar refractivity (Wildman–Crippen MR) is 101 cm³/mol. The molecule has 1 saturated carbocycles. The van der Waals surface area contributed by atoms with Gasteiger partial charge in [-0.1, -0.05) is 31.4 Å². The van der Waals surface area contributed by atoms with Crippen molar-refractivity contribution >= 4 is 23.5 Å². The molecule has 1 aromatic rings. The van der Waals surface area contributed by atoms with Gasteiger partial charge in [0.1, 0.15) is 5.75 Å². The van der Waals surface area contributed by atoms with Crippen LogP contribution in [0.1, 0.15) is 51.0 Å². The molecule has 0 unspecified atom stereocenters. The fourth-order valence-corrected chi connectivity index (χ4v) is 3.23.